The molecule has 3 rings (SSSR count). The number of hydrogen-bond acceptors (Lipinski definition) is 6. The molecule has 3 heterocycles. The van der Waals surface area contributed by atoms with Crippen molar-refractivity contribution in [2.75, 3.05) is 38.2 Å². The van der Waals surface area contributed by atoms with Crippen LogP contribution in [0.25, 0.3) is 0 Å². The molecule has 0 bridgehead atoms. The Labute approximate surface area is 151 Å². The average molecular weight is 361 g/mol. The van der Waals surface area contributed by atoms with Gasteiger partial charge in [-0.05, 0) is 19.1 Å². The number of ether oxygens (including phenoxy) is 1. The first kappa shape index (κ1) is 18.2. The van der Waals surface area contributed by atoms with Crippen molar-refractivity contribution in [1.29, 1.82) is 0 Å². The van der Waals surface area contributed by atoms with Crippen molar-refractivity contribution in [3.63, 3.8) is 0 Å². The second kappa shape index (κ2) is 8.15. The minimum atomic E-state index is -0.772. The van der Waals surface area contributed by atoms with E-state index in [4.69, 9.17) is 9.26 Å². The van der Waals surface area contributed by atoms with Gasteiger partial charge in [0.25, 0.3) is 0 Å². The predicted octanol–water partition coefficient (Wildman–Crippen LogP) is 0.450. The molecule has 9 nitrogen and oxygen atoms in total. The second-order valence-electron chi connectivity index (χ2n) is 6.20. The van der Waals surface area contributed by atoms with Crippen LogP contribution in [0.15, 0.2) is 28.9 Å². The van der Waals surface area contributed by atoms with E-state index in [1.54, 1.807) is 13.0 Å². The zero-order valence-corrected chi connectivity index (χ0v) is 14.9. The van der Waals surface area contributed by atoms with Gasteiger partial charge in [0.2, 0.25) is 0 Å². The van der Waals surface area contributed by atoms with Crippen LogP contribution in [0, 0.1) is 6.92 Å². The number of anilines is 1. The van der Waals surface area contributed by atoms with E-state index in [1.807, 2.05) is 29.9 Å². The van der Waals surface area contributed by atoms with Crippen LogP contribution in [0.3, 0.4) is 0 Å². The molecule has 0 aliphatic carbocycles. The van der Waals surface area contributed by atoms with Gasteiger partial charge in [0.15, 0.2) is 5.82 Å². The summed E-state index contributed by atoms with van der Waals surface area (Å²) < 4.78 is 12.3. The van der Waals surface area contributed by atoms with E-state index < -0.39 is 11.8 Å². The topological polar surface area (TPSA) is 102 Å². The molecule has 140 valence electrons. The summed E-state index contributed by atoms with van der Waals surface area (Å²) in [5.74, 6) is -0.712. The summed E-state index contributed by atoms with van der Waals surface area (Å²) in [6, 6.07) is 5.49. The van der Waals surface area contributed by atoms with Crippen molar-refractivity contribution >= 4 is 17.6 Å². The molecule has 2 N–H and O–H groups in total. The van der Waals surface area contributed by atoms with Crippen LogP contribution in [0.5, 0.6) is 0 Å². The molecule has 1 fully saturated rings. The largest absolute Gasteiger partial charge is 0.379 e. The fourth-order valence-corrected chi connectivity index (χ4v) is 3.00. The zero-order valence-electron chi connectivity index (χ0n) is 14.9. The average Bonchev–Trinajstić information content (AvgIpc) is 3.24. The Morgan fingerprint density at radius 3 is 2.69 bits per heavy atom. The summed E-state index contributed by atoms with van der Waals surface area (Å²) in [4.78, 5) is 26.4. The lowest BCUT2D eigenvalue weighted by Crippen LogP contribution is -2.46. The lowest BCUT2D eigenvalue weighted by Gasteiger charge is -2.34. The number of amides is 2. The van der Waals surface area contributed by atoms with E-state index >= 15 is 0 Å². The van der Waals surface area contributed by atoms with Gasteiger partial charge in [-0.25, -0.2) is 0 Å². The fourth-order valence-electron chi connectivity index (χ4n) is 3.00. The van der Waals surface area contributed by atoms with E-state index in [9.17, 15) is 9.59 Å². The van der Waals surface area contributed by atoms with Gasteiger partial charge in [-0.3, -0.25) is 19.8 Å². The van der Waals surface area contributed by atoms with E-state index in [0.29, 0.717) is 25.5 Å². The van der Waals surface area contributed by atoms with Gasteiger partial charge >= 0.3 is 11.8 Å². The summed E-state index contributed by atoms with van der Waals surface area (Å²) in [5.41, 5.74) is 1.07. The monoisotopic (exact) mass is 361 g/mol. The number of nitrogens with zero attached hydrogens (tertiary/aromatic N) is 3. The van der Waals surface area contributed by atoms with E-state index in [2.05, 4.69) is 20.7 Å². The third-order valence-corrected chi connectivity index (χ3v) is 4.34. The summed E-state index contributed by atoms with van der Waals surface area (Å²) >= 11 is 0. The molecule has 1 atom stereocenters. The van der Waals surface area contributed by atoms with Crippen LogP contribution in [0.4, 0.5) is 5.82 Å². The van der Waals surface area contributed by atoms with Gasteiger partial charge < -0.3 is 19.1 Å². The number of aryl methyl sites for hydroxylation is 2. The molecule has 9 heteroatoms. The summed E-state index contributed by atoms with van der Waals surface area (Å²) in [6.07, 6.45) is 1.96. The van der Waals surface area contributed by atoms with Crippen LogP contribution in [-0.2, 0) is 21.4 Å². The number of hydrogen-bond donors (Lipinski definition) is 2. The van der Waals surface area contributed by atoms with Gasteiger partial charge in [0.05, 0.1) is 19.3 Å². The predicted molar refractivity (Wildman–Crippen MR) is 93.4 cm³/mol. The molecule has 0 radical (unpaired) electrons. The van der Waals surface area contributed by atoms with Crippen molar-refractivity contribution in [2.45, 2.75) is 13.0 Å². The van der Waals surface area contributed by atoms with Gasteiger partial charge in [0, 0.05) is 44.6 Å². The molecule has 0 unspecified atom stereocenters. The highest BCUT2D eigenvalue weighted by atomic mass is 16.5. The standard InChI is InChI=1S/C17H23N5O4/c1-12-10-15(20-26-12)19-17(24)16(23)18-11-14(13-4-3-5-21(13)2)22-6-8-25-9-7-22/h3-5,10,14H,6-9,11H2,1-2H3,(H,18,23)(H,19,20,24)/t14-/m1/s1. The van der Waals surface area contributed by atoms with Crippen molar-refractivity contribution < 1.29 is 18.8 Å². The maximum absolute atomic E-state index is 12.2. The Morgan fingerprint density at radius 1 is 1.31 bits per heavy atom. The number of morpholine rings is 1. The van der Waals surface area contributed by atoms with Crippen LogP contribution < -0.4 is 10.6 Å². The SMILES string of the molecule is Cc1cc(NC(=O)C(=O)NC[C@H](c2cccn2C)N2CCOCC2)no1. The third kappa shape index (κ3) is 4.30. The Hall–Kier alpha value is -2.65. The first-order valence-electron chi connectivity index (χ1n) is 8.50. The molecule has 0 aromatic carbocycles. The fraction of sp³-hybridized carbons (Fsp3) is 0.471. The molecule has 2 aromatic heterocycles. The molecule has 0 saturated carbocycles. The summed E-state index contributed by atoms with van der Waals surface area (Å²) in [6.45, 7) is 4.88. The molecule has 1 aliphatic rings. The zero-order chi connectivity index (χ0) is 18.5. The van der Waals surface area contributed by atoms with Crippen LogP contribution in [0.2, 0.25) is 0 Å². The van der Waals surface area contributed by atoms with E-state index in [0.717, 1.165) is 18.8 Å². The minimum absolute atomic E-state index is 0.0371. The lowest BCUT2D eigenvalue weighted by molar-refractivity contribution is -0.136. The summed E-state index contributed by atoms with van der Waals surface area (Å²) in [5, 5.41) is 8.78. The normalized spacial score (nSPS) is 16.2. The highest BCUT2D eigenvalue weighted by Gasteiger charge is 2.26. The van der Waals surface area contributed by atoms with Gasteiger partial charge in [0.1, 0.15) is 5.76 Å². The molecule has 2 aromatic rings. The number of nitrogens with one attached hydrogen (secondary N) is 2. The van der Waals surface area contributed by atoms with Crippen molar-refractivity contribution in [3.8, 4) is 0 Å². The highest BCUT2D eigenvalue weighted by molar-refractivity contribution is 6.39. The van der Waals surface area contributed by atoms with Crippen molar-refractivity contribution in [2.24, 2.45) is 7.05 Å². The summed E-state index contributed by atoms with van der Waals surface area (Å²) in [7, 11) is 1.96. The number of carbonyl (C=O) groups is 2. The first-order chi connectivity index (χ1) is 12.5. The van der Waals surface area contributed by atoms with E-state index in [1.165, 1.54) is 0 Å². The first-order valence-corrected chi connectivity index (χ1v) is 8.50. The Morgan fingerprint density at radius 2 is 2.08 bits per heavy atom. The minimum Gasteiger partial charge on any atom is -0.379 e. The van der Waals surface area contributed by atoms with Crippen LogP contribution in [-0.4, -0.2) is 59.3 Å². The van der Waals surface area contributed by atoms with Crippen LogP contribution >= 0.6 is 0 Å². The number of aromatic nitrogens is 2. The number of carbonyl (C=O) groups excluding carboxylic acids is 2. The maximum Gasteiger partial charge on any atom is 0.314 e. The van der Waals surface area contributed by atoms with Crippen molar-refractivity contribution in [3.05, 3.63) is 35.9 Å². The molecule has 1 aliphatic heterocycles. The molecule has 26 heavy (non-hydrogen) atoms. The Balaban J connectivity index is 1.62. The Bertz CT molecular complexity index is 763. The number of rotatable bonds is 5. The Kier molecular flexibility index (Phi) is 5.69. The highest BCUT2D eigenvalue weighted by Crippen LogP contribution is 2.21. The maximum atomic E-state index is 12.2. The van der Waals surface area contributed by atoms with Gasteiger partial charge in [-0.1, -0.05) is 5.16 Å². The molecular formula is C17H23N5O4. The van der Waals surface area contributed by atoms with E-state index in [-0.39, 0.29) is 11.9 Å². The molecular weight excluding hydrogens is 338 g/mol. The second-order valence-corrected chi connectivity index (χ2v) is 6.20. The van der Waals surface area contributed by atoms with Crippen molar-refractivity contribution in [1.82, 2.24) is 19.9 Å². The molecule has 2 amide bonds. The van der Waals surface area contributed by atoms with Crippen LogP contribution in [0.1, 0.15) is 17.5 Å². The molecule has 0 spiro atoms. The quantitative estimate of drug-likeness (QED) is 0.750. The lowest BCUT2D eigenvalue weighted by atomic mass is 10.1. The molecule has 1 saturated heterocycles. The van der Waals surface area contributed by atoms with Gasteiger partial charge in [-0.2, -0.15) is 0 Å². The third-order valence-electron chi connectivity index (χ3n) is 4.34. The smallest absolute Gasteiger partial charge is 0.314 e. The van der Waals surface area contributed by atoms with Gasteiger partial charge in [-0.15, -0.1) is 0 Å².